The summed E-state index contributed by atoms with van der Waals surface area (Å²) in [5.74, 6) is 0.978. The number of nitrogens with zero attached hydrogens (tertiary/aromatic N) is 3. The number of fused-ring (bicyclic) bond motifs is 1. The Morgan fingerprint density at radius 3 is 2.58 bits per heavy atom. The van der Waals surface area contributed by atoms with Crippen LogP contribution in [0.3, 0.4) is 0 Å². The Morgan fingerprint density at radius 1 is 1.16 bits per heavy atom. The highest BCUT2D eigenvalue weighted by atomic mass is 32.1. The fourth-order valence-electron chi connectivity index (χ4n) is 2.88. The lowest BCUT2D eigenvalue weighted by Gasteiger charge is -2.10. The summed E-state index contributed by atoms with van der Waals surface area (Å²) < 4.78 is 10.3. The summed E-state index contributed by atoms with van der Waals surface area (Å²) in [6.45, 7) is 1.93. The van der Waals surface area contributed by atoms with Crippen molar-refractivity contribution >= 4 is 46.0 Å². The summed E-state index contributed by atoms with van der Waals surface area (Å²) in [5, 5.41) is 14.9. The van der Waals surface area contributed by atoms with E-state index in [1.54, 1.807) is 30.1 Å². The van der Waals surface area contributed by atoms with Crippen LogP contribution in [0.2, 0.25) is 0 Å². The van der Waals surface area contributed by atoms with E-state index >= 15 is 0 Å². The monoisotopic (exact) mass is 433 g/mol. The number of rotatable bonds is 5. The number of nitrogens with one attached hydrogen (secondary N) is 2. The molecule has 0 fully saturated rings. The van der Waals surface area contributed by atoms with E-state index in [0.29, 0.717) is 11.3 Å². The van der Waals surface area contributed by atoms with Crippen LogP contribution >= 0.6 is 12.2 Å². The molecule has 0 spiro atoms. The number of aromatic nitrogens is 3. The molecule has 1 amide bonds. The average Bonchev–Trinajstić information content (AvgIpc) is 3.42. The molecule has 0 saturated heterocycles. The van der Waals surface area contributed by atoms with Crippen molar-refractivity contribution in [1.82, 2.24) is 20.3 Å². The maximum absolute atomic E-state index is 12.0. The molecular formula is C22H19N5O3S. The minimum Gasteiger partial charge on any atom is -0.497 e. The number of benzene rings is 2. The highest BCUT2D eigenvalue weighted by molar-refractivity contribution is 7.80. The predicted octanol–water partition coefficient (Wildman–Crippen LogP) is 3.86. The van der Waals surface area contributed by atoms with Crippen molar-refractivity contribution in [3.8, 4) is 11.4 Å². The molecule has 0 bridgehead atoms. The molecule has 0 aliphatic carbocycles. The van der Waals surface area contributed by atoms with Gasteiger partial charge in [0.25, 0.3) is 0 Å². The zero-order chi connectivity index (χ0) is 21.8. The Morgan fingerprint density at radius 2 is 1.90 bits per heavy atom. The molecule has 2 N–H and O–H groups in total. The molecule has 4 aromatic rings. The minimum atomic E-state index is -0.363. The molecule has 2 aromatic carbocycles. The number of furan rings is 1. The number of amides is 1. The van der Waals surface area contributed by atoms with Gasteiger partial charge in [0.1, 0.15) is 22.5 Å². The zero-order valence-electron chi connectivity index (χ0n) is 16.8. The van der Waals surface area contributed by atoms with Gasteiger partial charge in [-0.1, -0.05) is 0 Å². The van der Waals surface area contributed by atoms with Gasteiger partial charge in [0.15, 0.2) is 5.11 Å². The third-order valence-electron chi connectivity index (χ3n) is 4.46. The normalized spacial score (nSPS) is 11.0. The number of methoxy groups -OCH3 is 1. The zero-order valence-corrected chi connectivity index (χ0v) is 17.6. The van der Waals surface area contributed by atoms with Crippen molar-refractivity contribution in [3.05, 3.63) is 72.2 Å². The maximum atomic E-state index is 12.0. The third kappa shape index (κ3) is 4.78. The van der Waals surface area contributed by atoms with Crippen molar-refractivity contribution in [1.29, 1.82) is 0 Å². The molecule has 2 heterocycles. The number of aryl methyl sites for hydroxylation is 1. The SMILES string of the molecule is COc1ccc(-n2nc3cc(C)c(NC(=S)NC(=O)/C=C/c4ccco4)cc3n2)cc1. The van der Waals surface area contributed by atoms with E-state index < -0.39 is 0 Å². The van der Waals surface area contributed by atoms with Crippen LogP contribution in [0, 0.1) is 6.92 Å². The molecule has 4 rings (SSSR count). The second kappa shape index (κ2) is 8.80. The molecule has 156 valence electrons. The molecule has 0 saturated carbocycles. The summed E-state index contributed by atoms with van der Waals surface area (Å²) in [5.41, 5.74) is 3.90. The highest BCUT2D eigenvalue weighted by Gasteiger charge is 2.10. The molecule has 0 aliphatic heterocycles. The highest BCUT2D eigenvalue weighted by Crippen LogP contribution is 2.22. The number of anilines is 1. The quantitative estimate of drug-likeness (QED) is 0.365. The second-order valence-corrected chi connectivity index (χ2v) is 7.04. The fourth-order valence-corrected chi connectivity index (χ4v) is 3.10. The lowest BCUT2D eigenvalue weighted by atomic mass is 10.2. The Labute approximate surface area is 183 Å². The summed E-state index contributed by atoms with van der Waals surface area (Å²) in [7, 11) is 1.62. The molecule has 0 atom stereocenters. The third-order valence-corrected chi connectivity index (χ3v) is 4.66. The van der Waals surface area contributed by atoms with Crippen LogP contribution in [0.1, 0.15) is 11.3 Å². The number of carbonyl (C=O) groups excluding carboxylic acids is 1. The first-order valence-corrected chi connectivity index (χ1v) is 9.78. The van der Waals surface area contributed by atoms with E-state index in [2.05, 4.69) is 20.8 Å². The average molecular weight is 433 g/mol. The molecular weight excluding hydrogens is 414 g/mol. The minimum absolute atomic E-state index is 0.180. The summed E-state index contributed by atoms with van der Waals surface area (Å²) in [6, 6.07) is 14.7. The van der Waals surface area contributed by atoms with Crippen molar-refractivity contribution in [2.45, 2.75) is 6.92 Å². The standard InChI is InChI=1S/C22H19N5O3S/c1-14-12-19-20(26-27(25-19)15-5-7-16(29-2)8-6-15)13-18(14)23-22(31)24-21(28)10-9-17-4-3-11-30-17/h3-13H,1-2H3,(H2,23,24,28,31)/b10-9+. The first-order valence-electron chi connectivity index (χ1n) is 9.37. The Hall–Kier alpha value is -3.98. The van der Waals surface area contributed by atoms with Gasteiger partial charge in [-0.05, 0) is 79.3 Å². The predicted molar refractivity (Wildman–Crippen MR) is 122 cm³/mol. The van der Waals surface area contributed by atoms with Gasteiger partial charge in [-0.2, -0.15) is 4.80 Å². The number of hydrogen-bond donors (Lipinski definition) is 2. The summed E-state index contributed by atoms with van der Waals surface area (Å²) >= 11 is 5.26. The van der Waals surface area contributed by atoms with Crippen molar-refractivity contribution < 1.29 is 13.9 Å². The van der Waals surface area contributed by atoms with Crippen LogP contribution in [-0.4, -0.2) is 33.1 Å². The molecule has 9 heteroatoms. The molecule has 0 aliphatic rings. The van der Waals surface area contributed by atoms with E-state index in [0.717, 1.165) is 28.2 Å². The van der Waals surface area contributed by atoms with Gasteiger partial charge in [-0.3, -0.25) is 10.1 Å². The van der Waals surface area contributed by atoms with Gasteiger partial charge in [0.05, 0.1) is 19.1 Å². The van der Waals surface area contributed by atoms with Crippen LogP contribution in [0.5, 0.6) is 5.75 Å². The number of thiocarbonyl (C=S) groups is 1. The first-order chi connectivity index (χ1) is 15.0. The van der Waals surface area contributed by atoms with Gasteiger partial charge < -0.3 is 14.5 Å². The van der Waals surface area contributed by atoms with Gasteiger partial charge in [0.2, 0.25) is 5.91 Å². The largest absolute Gasteiger partial charge is 0.497 e. The van der Waals surface area contributed by atoms with E-state index in [9.17, 15) is 4.79 Å². The Bertz CT molecular complexity index is 1260. The van der Waals surface area contributed by atoms with E-state index in [1.807, 2.05) is 43.3 Å². The number of hydrogen-bond acceptors (Lipinski definition) is 6. The number of carbonyl (C=O) groups is 1. The second-order valence-electron chi connectivity index (χ2n) is 6.64. The Balaban J connectivity index is 1.47. The topological polar surface area (TPSA) is 94.2 Å². The smallest absolute Gasteiger partial charge is 0.250 e. The van der Waals surface area contributed by atoms with Crippen LogP contribution in [-0.2, 0) is 4.79 Å². The van der Waals surface area contributed by atoms with Crippen molar-refractivity contribution in [2.24, 2.45) is 0 Å². The molecule has 8 nitrogen and oxygen atoms in total. The van der Waals surface area contributed by atoms with Crippen molar-refractivity contribution in [2.75, 3.05) is 12.4 Å². The molecule has 31 heavy (non-hydrogen) atoms. The maximum Gasteiger partial charge on any atom is 0.250 e. The summed E-state index contributed by atoms with van der Waals surface area (Å²) in [6.07, 6.45) is 4.45. The van der Waals surface area contributed by atoms with Crippen molar-refractivity contribution in [3.63, 3.8) is 0 Å². The number of ether oxygens (including phenoxy) is 1. The van der Waals surface area contributed by atoms with Gasteiger partial charge in [-0.15, -0.1) is 10.2 Å². The van der Waals surface area contributed by atoms with Gasteiger partial charge >= 0.3 is 0 Å². The fraction of sp³-hybridized carbons (Fsp3) is 0.0909. The first kappa shape index (κ1) is 20.3. The van der Waals surface area contributed by atoms with Crippen LogP contribution in [0.15, 0.2) is 65.3 Å². The van der Waals surface area contributed by atoms with Gasteiger partial charge in [-0.25, -0.2) is 0 Å². The van der Waals surface area contributed by atoms with Crippen LogP contribution < -0.4 is 15.4 Å². The molecule has 0 radical (unpaired) electrons. The Kier molecular flexibility index (Phi) is 5.76. The molecule has 0 unspecified atom stereocenters. The van der Waals surface area contributed by atoms with Crippen LogP contribution in [0.4, 0.5) is 5.69 Å². The van der Waals surface area contributed by atoms with Crippen LogP contribution in [0.25, 0.3) is 22.8 Å². The van der Waals surface area contributed by atoms with Gasteiger partial charge in [0, 0.05) is 11.8 Å². The molecule has 2 aromatic heterocycles. The summed E-state index contributed by atoms with van der Waals surface area (Å²) in [4.78, 5) is 13.6. The van der Waals surface area contributed by atoms with E-state index in [-0.39, 0.29) is 11.0 Å². The lowest BCUT2D eigenvalue weighted by Crippen LogP contribution is -2.33. The van der Waals surface area contributed by atoms with E-state index in [4.69, 9.17) is 21.4 Å². The lowest BCUT2D eigenvalue weighted by molar-refractivity contribution is -0.115. The van der Waals surface area contributed by atoms with E-state index in [1.165, 1.54) is 12.3 Å².